The highest BCUT2D eigenvalue weighted by atomic mass is 79.9. The third-order valence-electron chi connectivity index (χ3n) is 2.38. The van der Waals surface area contributed by atoms with Gasteiger partial charge < -0.3 is 5.32 Å². The second-order valence-corrected chi connectivity index (χ2v) is 6.79. The highest BCUT2D eigenvalue weighted by Crippen LogP contribution is 2.15. The van der Waals surface area contributed by atoms with E-state index in [2.05, 4.69) is 31.0 Å². The molecule has 18 heavy (non-hydrogen) atoms. The lowest BCUT2D eigenvalue weighted by atomic mass is 10.3. The summed E-state index contributed by atoms with van der Waals surface area (Å²) in [6.07, 6.45) is 0.718. The molecule has 0 atom stereocenters. The number of nitrogens with one attached hydrogen (secondary N) is 2. The molecule has 1 heterocycles. The fraction of sp³-hybridized carbons (Fsp3) is 0.545. The zero-order valence-electron chi connectivity index (χ0n) is 10.5. The van der Waals surface area contributed by atoms with Crippen LogP contribution in [0.25, 0.3) is 0 Å². The molecule has 0 fully saturated rings. The van der Waals surface area contributed by atoms with Gasteiger partial charge in [-0.2, -0.15) is 0 Å². The summed E-state index contributed by atoms with van der Waals surface area (Å²) in [6.45, 7) is 4.67. The van der Waals surface area contributed by atoms with Crippen molar-refractivity contribution in [3.63, 3.8) is 0 Å². The summed E-state index contributed by atoms with van der Waals surface area (Å²) < 4.78 is 25.8. The maximum absolute atomic E-state index is 11.2. The largest absolute Gasteiger partial charge is 0.370 e. The van der Waals surface area contributed by atoms with Crippen LogP contribution in [-0.4, -0.2) is 32.2 Å². The molecule has 0 amide bonds. The first-order chi connectivity index (χ1) is 8.44. The van der Waals surface area contributed by atoms with E-state index >= 15 is 0 Å². The Balaban J connectivity index is 2.28. The van der Waals surface area contributed by atoms with E-state index in [1.165, 1.54) is 0 Å². The van der Waals surface area contributed by atoms with Gasteiger partial charge in [0.25, 0.3) is 0 Å². The van der Waals surface area contributed by atoms with Crippen LogP contribution in [0.4, 0.5) is 5.82 Å². The van der Waals surface area contributed by atoms with Gasteiger partial charge in [0.15, 0.2) is 0 Å². The molecule has 0 aliphatic heterocycles. The predicted molar refractivity (Wildman–Crippen MR) is 77.2 cm³/mol. The number of rotatable bonds is 7. The zero-order valence-corrected chi connectivity index (χ0v) is 12.9. The van der Waals surface area contributed by atoms with Gasteiger partial charge in [0.05, 0.1) is 11.4 Å². The van der Waals surface area contributed by atoms with Crippen molar-refractivity contribution in [2.75, 3.05) is 24.2 Å². The number of sulfonamides is 1. The topological polar surface area (TPSA) is 71.1 Å². The maximum atomic E-state index is 11.2. The van der Waals surface area contributed by atoms with E-state index < -0.39 is 10.0 Å². The van der Waals surface area contributed by atoms with Crippen LogP contribution < -0.4 is 10.0 Å². The monoisotopic (exact) mass is 335 g/mol. The van der Waals surface area contributed by atoms with Crippen LogP contribution in [0.3, 0.4) is 0 Å². The zero-order chi connectivity index (χ0) is 13.6. The van der Waals surface area contributed by atoms with Gasteiger partial charge >= 0.3 is 0 Å². The number of aromatic nitrogens is 1. The first-order valence-corrected chi connectivity index (χ1v) is 8.23. The van der Waals surface area contributed by atoms with Crippen molar-refractivity contribution in [1.82, 2.24) is 9.71 Å². The Bertz CT molecular complexity index is 491. The Labute approximate surface area is 117 Å². The minimum atomic E-state index is -3.08. The molecular formula is C11H18BrN3O2S. The van der Waals surface area contributed by atoms with E-state index in [1.807, 2.05) is 19.1 Å². The summed E-state index contributed by atoms with van der Waals surface area (Å²) in [5, 5.41) is 3.15. The Morgan fingerprint density at radius 2 is 2.06 bits per heavy atom. The molecule has 102 valence electrons. The van der Waals surface area contributed by atoms with Crippen LogP contribution in [0.2, 0.25) is 0 Å². The normalized spacial score (nSPS) is 11.5. The molecule has 7 heteroatoms. The lowest BCUT2D eigenvalue weighted by Gasteiger charge is -2.07. The van der Waals surface area contributed by atoms with E-state index in [4.69, 9.17) is 0 Å². The minimum absolute atomic E-state index is 0.119. The number of nitrogens with zero attached hydrogens (tertiary/aromatic N) is 1. The molecule has 5 nitrogen and oxygen atoms in total. The van der Waals surface area contributed by atoms with Crippen molar-refractivity contribution in [2.45, 2.75) is 20.3 Å². The number of pyridine rings is 1. The molecule has 1 rings (SSSR count). The minimum Gasteiger partial charge on any atom is -0.370 e. The van der Waals surface area contributed by atoms with E-state index in [-0.39, 0.29) is 5.75 Å². The van der Waals surface area contributed by atoms with Crippen molar-refractivity contribution in [3.8, 4) is 0 Å². The van der Waals surface area contributed by atoms with Crippen molar-refractivity contribution in [2.24, 2.45) is 0 Å². The standard InChI is InChI=1S/C11H18BrN3O2S/c1-3-18(16,17)14-8-4-7-13-11-6-5-10(12)9(2)15-11/h5-6,14H,3-4,7-8H2,1-2H3,(H,13,15). The van der Waals surface area contributed by atoms with Gasteiger partial charge in [-0.1, -0.05) is 0 Å². The highest BCUT2D eigenvalue weighted by Gasteiger charge is 2.04. The Morgan fingerprint density at radius 1 is 1.33 bits per heavy atom. The highest BCUT2D eigenvalue weighted by molar-refractivity contribution is 9.10. The van der Waals surface area contributed by atoms with Crippen LogP contribution in [0.1, 0.15) is 19.0 Å². The lowest BCUT2D eigenvalue weighted by molar-refractivity contribution is 0.581. The Kier molecular flexibility index (Phi) is 6.04. The van der Waals surface area contributed by atoms with Crippen LogP contribution >= 0.6 is 15.9 Å². The van der Waals surface area contributed by atoms with Gasteiger partial charge in [0, 0.05) is 17.6 Å². The number of hydrogen-bond acceptors (Lipinski definition) is 4. The van der Waals surface area contributed by atoms with Crippen molar-refractivity contribution < 1.29 is 8.42 Å². The predicted octanol–water partition coefficient (Wildman–Crippen LogP) is 1.89. The van der Waals surface area contributed by atoms with E-state index in [9.17, 15) is 8.42 Å². The molecule has 1 aromatic heterocycles. The Hall–Kier alpha value is -0.660. The number of hydrogen-bond donors (Lipinski definition) is 2. The van der Waals surface area contributed by atoms with E-state index in [0.717, 1.165) is 22.4 Å². The summed E-state index contributed by atoms with van der Waals surface area (Å²) in [4.78, 5) is 4.34. The first-order valence-electron chi connectivity index (χ1n) is 5.79. The van der Waals surface area contributed by atoms with Gasteiger partial charge in [0.1, 0.15) is 5.82 Å². The molecule has 0 aliphatic carbocycles. The van der Waals surface area contributed by atoms with Crippen molar-refractivity contribution in [3.05, 3.63) is 22.3 Å². The summed E-state index contributed by atoms with van der Waals surface area (Å²) in [6, 6.07) is 3.82. The molecule has 2 N–H and O–H groups in total. The van der Waals surface area contributed by atoms with E-state index in [0.29, 0.717) is 13.1 Å². The number of halogens is 1. The summed E-state index contributed by atoms with van der Waals surface area (Å²) >= 11 is 3.39. The van der Waals surface area contributed by atoms with Gasteiger partial charge in [0.2, 0.25) is 10.0 Å². The smallest absolute Gasteiger partial charge is 0.211 e. The second-order valence-electron chi connectivity index (χ2n) is 3.84. The summed E-state index contributed by atoms with van der Waals surface area (Å²) in [5.74, 6) is 0.919. The van der Waals surface area contributed by atoms with Crippen molar-refractivity contribution in [1.29, 1.82) is 0 Å². The first kappa shape index (κ1) is 15.4. The van der Waals surface area contributed by atoms with Gasteiger partial charge in [-0.05, 0) is 48.3 Å². The quantitative estimate of drug-likeness (QED) is 0.746. The van der Waals surface area contributed by atoms with Crippen LogP contribution in [0.15, 0.2) is 16.6 Å². The average molecular weight is 336 g/mol. The fourth-order valence-electron chi connectivity index (χ4n) is 1.28. The summed E-state index contributed by atoms with van der Waals surface area (Å²) in [5.41, 5.74) is 0.923. The number of anilines is 1. The molecule has 0 saturated heterocycles. The average Bonchev–Trinajstić information content (AvgIpc) is 2.33. The number of aryl methyl sites for hydroxylation is 1. The van der Waals surface area contributed by atoms with E-state index in [1.54, 1.807) is 6.92 Å². The van der Waals surface area contributed by atoms with Crippen LogP contribution in [0.5, 0.6) is 0 Å². The molecule has 0 saturated carbocycles. The third kappa shape index (κ3) is 5.32. The molecule has 0 spiro atoms. The third-order valence-corrected chi connectivity index (χ3v) is 4.63. The molecule has 0 radical (unpaired) electrons. The molecule has 0 bridgehead atoms. The maximum Gasteiger partial charge on any atom is 0.211 e. The second kappa shape index (κ2) is 7.06. The van der Waals surface area contributed by atoms with Gasteiger partial charge in [-0.15, -0.1) is 0 Å². The lowest BCUT2D eigenvalue weighted by Crippen LogP contribution is -2.27. The van der Waals surface area contributed by atoms with Crippen LogP contribution in [-0.2, 0) is 10.0 Å². The SMILES string of the molecule is CCS(=O)(=O)NCCCNc1ccc(Br)c(C)n1. The molecule has 0 aromatic carbocycles. The summed E-state index contributed by atoms with van der Waals surface area (Å²) in [7, 11) is -3.08. The molecular weight excluding hydrogens is 318 g/mol. The van der Waals surface area contributed by atoms with Gasteiger partial charge in [-0.25, -0.2) is 18.1 Å². The molecule has 1 aromatic rings. The van der Waals surface area contributed by atoms with Gasteiger partial charge in [-0.3, -0.25) is 0 Å². The van der Waals surface area contributed by atoms with Crippen LogP contribution in [0, 0.1) is 6.92 Å². The fourth-order valence-corrected chi connectivity index (χ4v) is 2.16. The molecule has 0 unspecified atom stereocenters. The molecule has 0 aliphatic rings. The Morgan fingerprint density at radius 3 is 2.67 bits per heavy atom. The van der Waals surface area contributed by atoms with Crippen molar-refractivity contribution >= 4 is 31.8 Å².